The number of hydrogen-bond acceptors (Lipinski definition) is 4. The maximum absolute atomic E-state index is 12.7. The van der Waals surface area contributed by atoms with Gasteiger partial charge < -0.3 is 9.64 Å². The first-order valence-corrected chi connectivity index (χ1v) is 11.1. The van der Waals surface area contributed by atoms with Crippen molar-refractivity contribution in [3.8, 4) is 0 Å². The average Bonchev–Trinajstić information content (AvgIpc) is 3.12. The lowest BCUT2D eigenvalue weighted by Gasteiger charge is -2.45. The molecule has 4 rings (SSSR count). The predicted octanol–water partition coefficient (Wildman–Crippen LogP) is 5.95. The Hall–Kier alpha value is -2.27. The Bertz CT molecular complexity index is 1040. The Morgan fingerprint density at radius 3 is 2.35 bits per heavy atom. The number of alkyl halides is 6. The zero-order valence-corrected chi connectivity index (χ0v) is 18.7. The molecule has 2 saturated heterocycles. The third-order valence-electron chi connectivity index (χ3n) is 6.57. The molecule has 2 aromatic rings. The van der Waals surface area contributed by atoms with Crippen LogP contribution in [0.25, 0.3) is 10.9 Å². The molecule has 2 aliphatic rings. The number of likely N-dealkylation sites (tertiary alicyclic amines) is 2. The highest BCUT2D eigenvalue weighted by atomic mass is 35.5. The number of amides is 1. The fraction of sp³-hybridized carbons (Fsp3) is 0.545. The van der Waals surface area contributed by atoms with E-state index < -0.39 is 24.5 Å². The number of carbonyl (C=O) groups is 1. The van der Waals surface area contributed by atoms with E-state index in [1.54, 1.807) is 6.07 Å². The van der Waals surface area contributed by atoms with Crippen molar-refractivity contribution in [3.63, 3.8) is 0 Å². The molecule has 2 aliphatic heterocycles. The first-order valence-electron chi connectivity index (χ1n) is 10.8. The monoisotopic (exact) mass is 509 g/mol. The van der Waals surface area contributed by atoms with Crippen LogP contribution >= 0.6 is 11.6 Å². The summed E-state index contributed by atoms with van der Waals surface area (Å²) in [6.07, 6.45) is -14.6. The van der Waals surface area contributed by atoms with Gasteiger partial charge in [0, 0.05) is 35.6 Å². The lowest BCUT2D eigenvalue weighted by Crippen LogP contribution is -2.54. The predicted molar refractivity (Wildman–Crippen MR) is 112 cm³/mol. The molecule has 12 heteroatoms. The Kier molecular flexibility index (Phi) is 6.63. The lowest BCUT2D eigenvalue weighted by molar-refractivity contribution is -0.308. The standard InChI is InChI=1S/C22H22ClF6N3O2/c23-15-3-5-17-14(12-15)2-4-16(30-17)13-32-9-1-6-20(32)7-10-31(11-8-20)19(33)34-18(21(24,25)26)22(27,28)29/h2-5,12,18H,1,6-11,13H2. The van der Waals surface area contributed by atoms with Crippen LogP contribution in [0.5, 0.6) is 0 Å². The van der Waals surface area contributed by atoms with Gasteiger partial charge in [-0.15, -0.1) is 0 Å². The maximum atomic E-state index is 12.7. The van der Waals surface area contributed by atoms with Crippen molar-refractivity contribution in [2.45, 2.75) is 56.2 Å². The van der Waals surface area contributed by atoms with Gasteiger partial charge in [-0.25, -0.2) is 4.79 Å². The minimum absolute atomic E-state index is 0.0153. The van der Waals surface area contributed by atoms with Crippen molar-refractivity contribution in [1.82, 2.24) is 14.8 Å². The number of benzene rings is 1. The summed E-state index contributed by atoms with van der Waals surface area (Å²) in [7, 11) is 0. The number of fused-ring (bicyclic) bond motifs is 1. The highest BCUT2D eigenvalue weighted by Gasteiger charge is 2.60. The van der Waals surface area contributed by atoms with Crippen molar-refractivity contribution in [1.29, 1.82) is 0 Å². The van der Waals surface area contributed by atoms with Gasteiger partial charge in [-0.1, -0.05) is 17.7 Å². The van der Waals surface area contributed by atoms with Crippen molar-refractivity contribution in [2.75, 3.05) is 19.6 Å². The molecule has 3 heterocycles. The molecular weight excluding hydrogens is 488 g/mol. The second-order valence-electron chi connectivity index (χ2n) is 8.72. The van der Waals surface area contributed by atoms with Crippen LogP contribution in [0, 0.1) is 0 Å². The van der Waals surface area contributed by atoms with Gasteiger partial charge in [-0.3, -0.25) is 9.88 Å². The summed E-state index contributed by atoms with van der Waals surface area (Å²) in [4.78, 5) is 19.9. The topological polar surface area (TPSA) is 45.7 Å². The minimum atomic E-state index is -5.73. The average molecular weight is 510 g/mol. The third kappa shape index (κ3) is 5.19. The van der Waals surface area contributed by atoms with Crippen LogP contribution in [-0.4, -0.2) is 64.5 Å². The van der Waals surface area contributed by atoms with Gasteiger partial charge in [-0.05, 0) is 56.5 Å². The molecule has 0 unspecified atom stereocenters. The molecule has 1 spiro atoms. The van der Waals surface area contributed by atoms with E-state index in [-0.39, 0.29) is 18.6 Å². The van der Waals surface area contributed by atoms with Crippen LogP contribution in [0.1, 0.15) is 31.4 Å². The van der Waals surface area contributed by atoms with Gasteiger partial charge in [-0.2, -0.15) is 26.3 Å². The smallest absolute Gasteiger partial charge is 0.426 e. The molecule has 1 amide bonds. The number of nitrogens with zero attached hydrogens (tertiary/aromatic N) is 3. The molecule has 186 valence electrons. The van der Waals surface area contributed by atoms with Gasteiger partial charge in [0.1, 0.15) is 0 Å². The van der Waals surface area contributed by atoms with Crippen molar-refractivity contribution >= 4 is 28.6 Å². The van der Waals surface area contributed by atoms with Crippen LogP contribution in [0.15, 0.2) is 30.3 Å². The van der Waals surface area contributed by atoms with E-state index in [4.69, 9.17) is 11.6 Å². The van der Waals surface area contributed by atoms with E-state index in [0.717, 1.165) is 40.9 Å². The van der Waals surface area contributed by atoms with Gasteiger partial charge in [0.15, 0.2) is 0 Å². The number of hydrogen-bond donors (Lipinski definition) is 0. The summed E-state index contributed by atoms with van der Waals surface area (Å²) >= 11 is 6.02. The molecule has 0 N–H and O–H groups in total. The van der Waals surface area contributed by atoms with Crippen LogP contribution in [0.4, 0.5) is 31.1 Å². The summed E-state index contributed by atoms with van der Waals surface area (Å²) in [6.45, 7) is 1.37. The first kappa shape index (κ1) is 24.8. The fourth-order valence-corrected chi connectivity index (χ4v) is 5.01. The SMILES string of the molecule is O=C(OC(C(F)(F)F)C(F)(F)F)N1CCC2(CCCN2Cc2ccc3cc(Cl)ccc3n2)CC1. The number of rotatable bonds is 3. The zero-order chi connectivity index (χ0) is 24.7. The van der Waals surface area contributed by atoms with E-state index >= 15 is 0 Å². The van der Waals surface area contributed by atoms with Crippen LogP contribution in [0.3, 0.4) is 0 Å². The van der Waals surface area contributed by atoms with Crippen molar-refractivity contribution < 1.29 is 35.9 Å². The number of piperidine rings is 1. The van der Waals surface area contributed by atoms with Crippen molar-refractivity contribution in [2.24, 2.45) is 0 Å². The Morgan fingerprint density at radius 2 is 1.71 bits per heavy atom. The summed E-state index contributed by atoms with van der Waals surface area (Å²) < 4.78 is 80.2. The van der Waals surface area contributed by atoms with E-state index in [2.05, 4.69) is 14.6 Å². The van der Waals surface area contributed by atoms with E-state index in [0.29, 0.717) is 24.4 Å². The molecule has 0 radical (unpaired) electrons. The largest absolute Gasteiger partial charge is 0.434 e. The van der Waals surface area contributed by atoms with Crippen molar-refractivity contribution in [3.05, 3.63) is 41.0 Å². The second kappa shape index (κ2) is 9.07. The lowest BCUT2D eigenvalue weighted by atomic mass is 9.85. The highest BCUT2D eigenvalue weighted by molar-refractivity contribution is 6.31. The molecule has 5 nitrogen and oxygen atoms in total. The first-order chi connectivity index (χ1) is 15.9. The van der Waals surface area contributed by atoms with E-state index in [1.165, 1.54) is 0 Å². The molecular formula is C22H22ClF6N3O2. The maximum Gasteiger partial charge on any atom is 0.434 e. The quantitative estimate of drug-likeness (QED) is 0.480. The Morgan fingerprint density at radius 1 is 1.03 bits per heavy atom. The van der Waals surface area contributed by atoms with E-state index in [9.17, 15) is 31.1 Å². The van der Waals surface area contributed by atoms with Gasteiger partial charge in [0.2, 0.25) is 0 Å². The molecule has 1 aromatic heterocycles. The van der Waals surface area contributed by atoms with Crippen LogP contribution in [-0.2, 0) is 11.3 Å². The zero-order valence-electron chi connectivity index (χ0n) is 17.9. The Labute approximate surface area is 196 Å². The van der Waals surface area contributed by atoms with E-state index in [1.807, 2.05) is 24.3 Å². The highest BCUT2D eigenvalue weighted by Crippen LogP contribution is 2.40. The summed E-state index contributed by atoms with van der Waals surface area (Å²) in [5.74, 6) is 0. The molecule has 0 bridgehead atoms. The van der Waals surface area contributed by atoms with Gasteiger partial charge in [0.05, 0.1) is 11.2 Å². The molecule has 34 heavy (non-hydrogen) atoms. The summed E-state index contributed by atoms with van der Waals surface area (Å²) in [5.41, 5.74) is 1.36. The fourth-order valence-electron chi connectivity index (χ4n) is 4.83. The summed E-state index contributed by atoms with van der Waals surface area (Å²) in [5, 5.41) is 1.53. The van der Waals surface area contributed by atoms with Gasteiger partial charge in [0.25, 0.3) is 6.10 Å². The minimum Gasteiger partial charge on any atom is -0.426 e. The number of carbonyl (C=O) groups excluding carboxylic acids is 1. The third-order valence-corrected chi connectivity index (χ3v) is 6.80. The number of halogens is 7. The second-order valence-corrected chi connectivity index (χ2v) is 9.16. The molecule has 1 aromatic carbocycles. The van der Waals surface area contributed by atoms with Crippen LogP contribution in [0.2, 0.25) is 5.02 Å². The molecule has 2 fully saturated rings. The van der Waals surface area contributed by atoms with Crippen LogP contribution < -0.4 is 0 Å². The van der Waals surface area contributed by atoms with Gasteiger partial charge >= 0.3 is 18.4 Å². The normalized spacial score (nSPS) is 19.4. The summed E-state index contributed by atoms with van der Waals surface area (Å²) in [6, 6.07) is 9.26. The Balaban J connectivity index is 1.40. The number of aromatic nitrogens is 1. The molecule has 0 aliphatic carbocycles. The number of ether oxygens (including phenoxy) is 1. The molecule has 0 saturated carbocycles. The number of pyridine rings is 1. The molecule has 0 atom stereocenters.